The summed E-state index contributed by atoms with van der Waals surface area (Å²) >= 11 is 0. The van der Waals surface area contributed by atoms with E-state index in [0.29, 0.717) is 26.2 Å². The van der Waals surface area contributed by atoms with E-state index in [0.717, 1.165) is 44.1 Å². The van der Waals surface area contributed by atoms with Crippen molar-refractivity contribution in [1.29, 1.82) is 0 Å². The predicted octanol–water partition coefficient (Wildman–Crippen LogP) is 2.51. The van der Waals surface area contributed by atoms with E-state index < -0.39 is 15.6 Å². The van der Waals surface area contributed by atoms with Gasteiger partial charge in [-0.05, 0) is 43.4 Å². The predicted molar refractivity (Wildman–Crippen MR) is 109 cm³/mol. The molecule has 0 atom stereocenters. The molecule has 2 aliphatic carbocycles. The van der Waals surface area contributed by atoms with Gasteiger partial charge in [0.15, 0.2) is 0 Å². The summed E-state index contributed by atoms with van der Waals surface area (Å²) in [6.45, 7) is 1.45. The highest BCUT2D eigenvalue weighted by molar-refractivity contribution is 7.86. The number of carbonyl (C=O) groups is 1. The molecule has 1 heterocycles. The first-order valence-electron chi connectivity index (χ1n) is 10.6. The Labute approximate surface area is 172 Å². The third kappa shape index (κ3) is 3.94. The van der Waals surface area contributed by atoms with Crippen molar-refractivity contribution in [2.45, 2.75) is 56.4 Å². The molecule has 1 aliphatic heterocycles. The van der Waals surface area contributed by atoms with Crippen LogP contribution in [0.15, 0.2) is 24.3 Å². The van der Waals surface area contributed by atoms with Crippen LogP contribution in [0.3, 0.4) is 0 Å². The first-order chi connectivity index (χ1) is 13.8. The SMILES string of the molecule is CN(C1CCCCC1)S(=O)(=O)N1CCN(C(=O)C2(c3ccc(F)cc3)CC2)CC1. The van der Waals surface area contributed by atoms with E-state index in [-0.39, 0.29) is 17.8 Å². The maximum atomic E-state index is 13.2. The highest BCUT2D eigenvalue weighted by Crippen LogP contribution is 2.49. The molecule has 0 radical (unpaired) electrons. The highest BCUT2D eigenvalue weighted by atomic mass is 32.2. The van der Waals surface area contributed by atoms with Crippen LogP contribution < -0.4 is 0 Å². The quantitative estimate of drug-likeness (QED) is 0.731. The van der Waals surface area contributed by atoms with Crippen LogP contribution in [0, 0.1) is 5.82 Å². The number of carbonyl (C=O) groups excluding carboxylic acids is 1. The molecule has 3 fully saturated rings. The summed E-state index contributed by atoms with van der Waals surface area (Å²) < 4.78 is 42.4. The van der Waals surface area contributed by atoms with Gasteiger partial charge in [-0.3, -0.25) is 4.79 Å². The molecule has 1 aromatic rings. The van der Waals surface area contributed by atoms with Crippen LogP contribution in [-0.2, 0) is 20.4 Å². The molecule has 8 heteroatoms. The van der Waals surface area contributed by atoms with Crippen molar-refractivity contribution in [2.75, 3.05) is 33.2 Å². The fraction of sp³-hybridized carbons (Fsp3) is 0.667. The first kappa shape index (κ1) is 20.8. The summed E-state index contributed by atoms with van der Waals surface area (Å²) in [6.07, 6.45) is 6.72. The van der Waals surface area contributed by atoms with Crippen molar-refractivity contribution < 1.29 is 17.6 Å². The third-order valence-corrected chi connectivity index (χ3v) is 8.90. The Hall–Kier alpha value is -1.51. The summed E-state index contributed by atoms with van der Waals surface area (Å²) in [6, 6.07) is 6.27. The van der Waals surface area contributed by atoms with Gasteiger partial charge in [-0.15, -0.1) is 0 Å². The van der Waals surface area contributed by atoms with Crippen LogP contribution in [0.4, 0.5) is 4.39 Å². The molecule has 2 saturated carbocycles. The van der Waals surface area contributed by atoms with Crippen LogP contribution in [0.25, 0.3) is 0 Å². The molecule has 0 unspecified atom stereocenters. The average molecular weight is 424 g/mol. The molecule has 0 N–H and O–H groups in total. The molecular weight excluding hydrogens is 393 g/mol. The molecular formula is C21H30FN3O3S. The largest absolute Gasteiger partial charge is 0.339 e. The molecule has 3 aliphatic rings. The van der Waals surface area contributed by atoms with Gasteiger partial charge < -0.3 is 4.90 Å². The zero-order chi connectivity index (χ0) is 20.6. The fourth-order valence-corrected chi connectivity index (χ4v) is 6.34. The van der Waals surface area contributed by atoms with Gasteiger partial charge in [0.1, 0.15) is 5.82 Å². The van der Waals surface area contributed by atoms with Gasteiger partial charge in [-0.1, -0.05) is 31.4 Å². The second kappa shape index (κ2) is 7.96. The number of piperazine rings is 1. The second-order valence-electron chi connectivity index (χ2n) is 8.60. The van der Waals surface area contributed by atoms with Crippen LogP contribution in [0.5, 0.6) is 0 Å². The van der Waals surface area contributed by atoms with E-state index in [1.54, 1.807) is 28.4 Å². The first-order valence-corrected chi connectivity index (χ1v) is 12.0. The Bertz CT molecular complexity index is 840. The van der Waals surface area contributed by atoms with Gasteiger partial charge in [0.05, 0.1) is 5.41 Å². The molecule has 0 spiro atoms. The lowest BCUT2D eigenvalue weighted by molar-refractivity contribution is -0.135. The van der Waals surface area contributed by atoms with Crippen LogP contribution in [-0.4, -0.2) is 67.1 Å². The number of hydrogen-bond acceptors (Lipinski definition) is 3. The second-order valence-corrected chi connectivity index (χ2v) is 10.6. The van der Waals surface area contributed by atoms with Crippen LogP contribution in [0.2, 0.25) is 0 Å². The average Bonchev–Trinajstić information content (AvgIpc) is 3.56. The lowest BCUT2D eigenvalue weighted by atomic mass is 9.94. The molecule has 160 valence electrons. The number of benzene rings is 1. The van der Waals surface area contributed by atoms with Crippen LogP contribution >= 0.6 is 0 Å². The minimum atomic E-state index is -3.50. The molecule has 1 saturated heterocycles. The fourth-order valence-electron chi connectivity index (χ4n) is 4.76. The molecule has 0 aromatic heterocycles. The molecule has 6 nitrogen and oxygen atoms in total. The molecule has 1 amide bonds. The van der Waals surface area contributed by atoms with E-state index in [2.05, 4.69) is 0 Å². The van der Waals surface area contributed by atoms with Crippen LogP contribution in [0.1, 0.15) is 50.5 Å². The van der Waals surface area contributed by atoms with Gasteiger partial charge in [0.25, 0.3) is 10.2 Å². The van der Waals surface area contributed by atoms with Crippen molar-refractivity contribution in [2.24, 2.45) is 0 Å². The zero-order valence-corrected chi connectivity index (χ0v) is 17.8. The minimum absolute atomic E-state index is 0.0433. The topological polar surface area (TPSA) is 60.9 Å². The normalized spacial score (nSPS) is 23.3. The number of amides is 1. The highest BCUT2D eigenvalue weighted by Gasteiger charge is 2.53. The summed E-state index contributed by atoms with van der Waals surface area (Å²) in [4.78, 5) is 14.9. The van der Waals surface area contributed by atoms with E-state index in [1.807, 2.05) is 0 Å². The summed E-state index contributed by atoms with van der Waals surface area (Å²) in [5.74, 6) is -0.264. The Morgan fingerprint density at radius 1 is 1.03 bits per heavy atom. The number of hydrogen-bond donors (Lipinski definition) is 0. The number of halogens is 1. The van der Waals surface area contributed by atoms with E-state index in [4.69, 9.17) is 0 Å². The van der Waals surface area contributed by atoms with E-state index >= 15 is 0 Å². The van der Waals surface area contributed by atoms with Gasteiger partial charge in [0.2, 0.25) is 5.91 Å². The molecule has 0 bridgehead atoms. The summed E-state index contributed by atoms with van der Waals surface area (Å²) in [5, 5.41) is 0. The Kier molecular flexibility index (Phi) is 5.70. The van der Waals surface area contributed by atoms with Crippen molar-refractivity contribution >= 4 is 16.1 Å². The maximum absolute atomic E-state index is 13.2. The van der Waals surface area contributed by atoms with Crippen molar-refractivity contribution in [3.8, 4) is 0 Å². The maximum Gasteiger partial charge on any atom is 0.282 e. The monoisotopic (exact) mass is 423 g/mol. The summed E-state index contributed by atoms with van der Waals surface area (Å²) in [7, 11) is -1.81. The zero-order valence-electron chi connectivity index (χ0n) is 17.0. The van der Waals surface area contributed by atoms with Gasteiger partial charge in [0, 0.05) is 39.3 Å². The van der Waals surface area contributed by atoms with Gasteiger partial charge in [-0.25, -0.2) is 4.39 Å². The van der Waals surface area contributed by atoms with Crippen molar-refractivity contribution in [1.82, 2.24) is 13.5 Å². The van der Waals surface area contributed by atoms with Gasteiger partial charge in [-0.2, -0.15) is 17.0 Å². The van der Waals surface area contributed by atoms with Gasteiger partial charge >= 0.3 is 0 Å². The van der Waals surface area contributed by atoms with E-state index in [9.17, 15) is 17.6 Å². The molecule has 29 heavy (non-hydrogen) atoms. The smallest absolute Gasteiger partial charge is 0.282 e. The van der Waals surface area contributed by atoms with Crippen molar-refractivity contribution in [3.63, 3.8) is 0 Å². The third-order valence-electron chi connectivity index (χ3n) is 6.86. The van der Waals surface area contributed by atoms with Crippen molar-refractivity contribution in [3.05, 3.63) is 35.6 Å². The minimum Gasteiger partial charge on any atom is -0.339 e. The number of nitrogens with zero attached hydrogens (tertiary/aromatic N) is 3. The summed E-state index contributed by atoms with van der Waals surface area (Å²) in [5.41, 5.74) is 0.309. The Morgan fingerprint density at radius 3 is 2.17 bits per heavy atom. The Balaban J connectivity index is 1.39. The Morgan fingerprint density at radius 2 is 1.62 bits per heavy atom. The molecule has 4 rings (SSSR count). The van der Waals surface area contributed by atoms with E-state index in [1.165, 1.54) is 22.9 Å². The lowest BCUT2D eigenvalue weighted by Gasteiger charge is -2.39. The number of rotatable bonds is 5. The lowest BCUT2D eigenvalue weighted by Crippen LogP contribution is -2.56. The standard InChI is InChI=1S/C21H30FN3O3S/c1-23(19-5-3-2-4-6-19)29(27,28)25-15-13-24(14-16-25)20(26)21(11-12-21)17-7-9-18(22)10-8-17/h7-10,19H,2-6,11-16H2,1H3. The molecule has 1 aromatic carbocycles.